The summed E-state index contributed by atoms with van der Waals surface area (Å²) in [5.41, 5.74) is 5.60. The molecule has 0 aliphatic carbocycles. The molecule has 0 aliphatic rings. The van der Waals surface area contributed by atoms with Crippen molar-refractivity contribution in [1.82, 2.24) is 10.6 Å². The van der Waals surface area contributed by atoms with Gasteiger partial charge in [-0.25, -0.2) is 0 Å². The Morgan fingerprint density at radius 2 is 2.00 bits per heavy atom. The van der Waals surface area contributed by atoms with E-state index < -0.39 is 10.8 Å². The molecule has 8 heteroatoms. The molecule has 2 amide bonds. The van der Waals surface area contributed by atoms with Gasteiger partial charge >= 0.3 is 0 Å². The molecule has 1 rings (SSSR count). The maximum Gasteiger partial charge on any atom is 0.293 e. The number of carbonyl (C=O) groups is 2. The number of nitro benzene ring substituents is 1. The largest absolute Gasteiger partial charge is 0.393 e. The van der Waals surface area contributed by atoms with Crippen LogP contribution >= 0.6 is 0 Å². The lowest BCUT2D eigenvalue weighted by molar-refractivity contribution is -0.384. The average Bonchev–Trinajstić information content (AvgIpc) is 2.38. The van der Waals surface area contributed by atoms with Crippen LogP contribution in [0.5, 0.6) is 0 Å². The van der Waals surface area contributed by atoms with Gasteiger partial charge in [0.05, 0.1) is 17.0 Å². The Morgan fingerprint density at radius 3 is 2.55 bits per heavy atom. The zero-order valence-electron chi connectivity index (χ0n) is 11.2. The number of amides is 2. The summed E-state index contributed by atoms with van der Waals surface area (Å²) in [5.74, 6) is -0.970. The Bertz CT molecular complexity index is 557. The van der Waals surface area contributed by atoms with E-state index in [9.17, 15) is 19.7 Å². The number of benzene rings is 1. The van der Waals surface area contributed by atoms with Crippen LogP contribution in [0.1, 0.15) is 22.8 Å². The van der Waals surface area contributed by atoms with Gasteiger partial charge in [-0.15, -0.1) is 0 Å². The van der Waals surface area contributed by atoms with Gasteiger partial charge in [0.25, 0.3) is 11.6 Å². The van der Waals surface area contributed by atoms with Gasteiger partial charge in [0.1, 0.15) is 5.69 Å². The van der Waals surface area contributed by atoms with Crippen molar-refractivity contribution >= 4 is 23.2 Å². The Kier molecular flexibility index (Phi) is 5.01. The first kappa shape index (κ1) is 15.4. The van der Waals surface area contributed by atoms with Crippen LogP contribution in [0.2, 0.25) is 0 Å². The summed E-state index contributed by atoms with van der Waals surface area (Å²) >= 11 is 0. The topological polar surface area (TPSA) is 127 Å². The average molecular weight is 280 g/mol. The molecule has 0 saturated heterocycles. The fourth-order valence-electron chi connectivity index (χ4n) is 1.63. The van der Waals surface area contributed by atoms with E-state index in [0.717, 1.165) is 0 Å². The molecule has 0 spiro atoms. The van der Waals surface area contributed by atoms with E-state index in [1.54, 1.807) is 13.8 Å². The zero-order chi connectivity index (χ0) is 15.3. The monoisotopic (exact) mass is 280 g/mol. The summed E-state index contributed by atoms with van der Waals surface area (Å²) in [6.07, 6.45) is 0. The maximum atomic E-state index is 11.9. The predicted molar refractivity (Wildman–Crippen MR) is 73.3 cm³/mol. The number of hydrogen-bond acceptors (Lipinski definition) is 5. The minimum absolute atomic E-state index is 0.0130. The summed E-state index contributed by atoms with van der Waals surface area (Å²) in [7, 11) is 0. The van der Waals surface area contributed by atoms with Crippen LogP contribution in [0.15, 0.2) is 12.1 Å². The quantitative estimate of drug-likeness (QED) is 0.407. The van der Waals surface area contributed by atoms with Gasteiger partial charge in [0.2, 0.25) is 5.91 Å². The lowest BCUT2D eigenvalue weighted by atomic mass is 10.1. The molecule has 0 unspecified atom stereocenters. The standard InChI is InChI=1S/C12H16N4O4/c1-3-14-10(17)6-15-12(18)8-4-7(2)5-9(11(8)13)16(19)20/h4-5H,3,6,13H2,1-2H3,(H,14,17)(H,15,18). The number of rotatable bonds is 5. The molecule has 1 aromatic rings. The summed E-state index contributed by atoms with van der Waals surface area (Å²) in [6.45, 7) is 3.61. The van der Waals surface area contributed by atoms with Gasteiger partial charge in [-0.3, -0.25) is 19.7 Å². The first-order chi connectivity index (χ1) is 9.36. The van der Waals surface area contributed by atoms with Gasteiger partial charge < -0.3 is 16.4 Å². The van der Waals surface area contributed by atoms with Gasteiger partial charge in [-0.2, -0.15) is 0 Å². The fourth-order valence-corrected chi connectivity index (χ4v) is 1.63. The molecular weight excluding hydrogens is 264 g/mol. The summed E-state index contributed by atoms with van der Waals surface area (Å²) in [6, 6.07) is 2.73. The third kappa shape index (κ3) is 3.67. The van der Waals surface area contributed by atoms with Crippen LogP contribution in [-0.2, 0) is 4.79 Å². The number of anilines is 1. The maximum absolute atomic E-state index is 11.9. The summed E-state index contributed by atoms with van der Waals surface area (Å²) in [4.78, 5) is 33.3. The molecule has 0 atom stereocenters. The Balaban J connectivity index is 2.93. The van der Waals surface area contributed by atoms with Crippen LogP contribution in [0, 0.1) is 17.0 Å². The minimum atomic E-state index is -0.650. The van der Waals surface area contributed by atoms with Crippen molar-refractivity contribution in [3.05, 3.63) is 33.4 Å². The number of nitrogen functional groups attached to an aromatic ring is 1. The van der Waals surface area contributed by atoms with Gasteiger partial charge in [-0.1, -0.05) is 0 Å². The van der Waals surface area contributed by atoms with Crippen LogP contribution in [0.25, 0.3) is 0 Å². The van der Waals surface area contributed by atoms with Crippen LogP contribution in [0.3, 0.4) is 0 Å². The lowest BCUT2D eigenvalue weighted by Gasteiger charge is -2.09. The van der Waals surface area contributed by atoms with E-state index in [0.29, 0.717) is 12.1 Å². The second kappa shape index (κ2) is 6.50. The second-order valence-corrected chi connectivity index (χ2v) is 4.14. The van der Waals surface area contributed by atoms with Gasteiger partial charge in [0, 0.05) is 12.6 Å². The highest BCUT2D eigenvalue weighted by molar-refractivity contribution is 6.02. The van der Waals surface area contributed by atoms with Crippen molar-refractivity contribution in [2.45, 2.75) is 13.8 Å². The first-order valence-corrected chi connectivity index (χ1v) is 5.96. The smallest absolute Gasteiger partial charge is 0.293 e. The molecule has 8 nitrogen and oxygen atoms in total. The molecule has 0 aromatic heterocycles. The lowest BCUT2D eigenvalue weighted by Crippen LogP contribution is -2.37. The summed E-state index contributed by atoms with van der Waals surface area (Å²) < 4.78 is 0. The van der Waals surface area contributed by atoms with E-state index in [2.05, 4.69) is 10.6 Å². The van der Waals surface area contributed by atoms with Gasteiger partial charge in [-0.05, 0) is 25.5 Å². The van der Waals surface area contributed by atoms with Crippen molar-refractivity contribution in [2.24, 2.45) is 0 Å². The number of nitrogens with zero attached hydrogens (tertiary/aromatic N) is 1. The molecule has 20 heavy (non-hydrogen) atoms. The minimum Gasteiger partial charge on any atom is -0.393 e. The second-order valence-electron chi connectivity index (χ2n) is 4.14. The number of nitro groups is 1. The van der Waals surface area contributed by atoms with Crippen LogP contribution in [-0.4, -0.2) is 29.8 Å². The Morgan fingerprint density at radius 1 is 1.35 bits per heavy atom. The highest BCUT2D eigenvalue weighted by Gasteiger charge is 2.20. The molecular formula is C12H16N4O4. The molecule has 0 saturated carbocycles. The van der Waals surface area contributed by atoms with Crippen LogP contribution < -0.4 is 16.4 Å². The molecule has 4 N–H and O–H groups in total. The number of likely N-dealkylation sites (N-methyl/N-ethyl adjacent to an activating group) is 1. The number of nitrogens with one attached hydrogen (secondary N) is 2. The van der Waals surface area contributed by atoms with E-state index in [4.69, 9.17) is 5.73 Å². The number of carbonyl (C=O) groups excluding carboxylic acids is 2. The third-order valence-corrected chi connectivity index (χ3v) is 2.53. The molecule has 0 fully saturated rings. The molecule has 0 aliphatic heterocycles. The SMILES string of the molecule is CCNC(=O)CNC(=O)c1cc(C)cc([N+](=O)[O-])c1N. The Labute approximate surface area is 115 Å². The Hall–Kier alpha value is -2.64. The van der Waals surface area contributed by atoms with Crippen molar-refractivity contribution in [3.63, 3.8) is 0 Å². The zero-order valence-corrected chi connectivity index (χ0v) is 11.2. The number of nitrogens with two attached hydrogens (primary N) is 1. The highest BCUT2D eigenvalue weighted by Crippen LogP contribution is 2.26. The highest BCUT2D eigenvalue weighted by atomic mass is 16.6. The van der Waals surface area contributed by atoms with E-state index in [1.807, 2.05) is 0 Å². The first-order valence-electron chi connectivity index (χ1n) is 5.96. The molecule has 1 aromatic carbocycles. The molecule has 0 heterocycles. The van der Waals surface area contributed by atoms with Crippen molar-refractivity contribution in [2.75, 3.05) is 18.8 Å². The normalized spacial score (nSPS) is 9.90. The van der Waals surface area contributed by atoms with Crippen molar-refractivity contribution < 1.29 is 14.5 Å². The number of hydrogen-bond donors (Lipinski definition) is 3. The van der Waals surface area contributed by atoms with E-state index in [1.165, 1.54) is 12.1 Å². The predicted octanol–water partition coefficient (Wildman–Crippen LogP) is 0.351. The summed E-state index contributed by atoms with van der Waals surface area (Å²) in [5, 5.41) is 15.7. The van der Waals surface area contributed by atoms with Crippen LogP contribution in [0.4, 0.5) is 11.4 Å². The number of aryl methyl sites for hydroxylation is 1. The fraction of sp³-hybridized carbons (Fsp3) is 0.333. The van der Waals surface area contributed by atoms with Crippen molar-refractivity contribution in [3.8, 4) is 0 Å². The van der Waals surface area contributed by atoms with E-state index in [-0.39, 0.29) is 29.4 Å². The van der Waals surface area contributed by atoms with E-state index >= 15 is 0 Å². The molecule has 0 bridgehead atoms. The van der Waals surface area contributed by atoms with Gasteiger partial charge in [0.15, 0.2) is 0 Å². The third-order valence-electron chi connectivity index (χ3n) is 2.53. The molecule has 0 radical (unpaired) electrons. The van der Waals surface area contributed by atoms with Crippen molar-refractivity contribution in [1.29, 1.82) is 0 Å². The molecule has 108 valence electrons.